The highest BCUT2D eigenvalue weighted by molar-refractivity contribution is 6.01. The van der Waals surface area contributed by atoms with E-state index in [-0.39, 0.29) is 0 Å². The quantitative estimate of drug-likeness (QED) is 0.508. The van der Waals surface area contributed by atoms with Crippen LogP contribution in [-0.2, 0) is 14.3 Å². The van der Waals surface area contributed by atoms with Crippen molar-refractivity contribution in [2.75, 3.05) is 19.0 Å². The van der Waals surface area contributed by atoms with E-state index >= 15 is 0 Å². The van der Waals surface area contributed by atoms with Gasteiger partial charge in [0.05, 0.1) is 23.4 Å². The summed E-state index contributed by atoms with van der Waals surface area (Å²) in [6, 6.07) is 13.9. The molecule has 1 aromatic heterocycles. The van der Waals surface area contributed by atoms with Gasteiger partial charge in [-0.2, -0.15) is 0 Å². The van der Waals surface area contributed by atoms with Crippen molar-refractivity contribution in [1.29, 1.82) is 0 Å². The highest BCUT2D eigenvalue weighted by Gasteiger charge is 2.40. The SMILES string of the molecule is CCOC(=O)C1=Cc2ccc(C3CCC3)c(-c3nnc(-c4ccccc4)o3)c2NC1(C)OC. The molecule has 7 heteroatoms. The Bertz CT molecular complexity index is 1210. The van der Waals surface area contributed by atoms with E-state index in [4.69, 9.17) is 13.9 Å². The molecule has 0 amide bonds. The number of esters is 1. The van der Waals surface area contributed by atoms with Crippen molar-refractivity contribution in [1.82, 2.24) is 10.2 Å². The largest absolute Gasteiger partial charge is 0.462 e. The lowest BCUT2D eigenvalue weighted by atomic mass is 9.76. The van der Waals surface area contributed by atoms with Crippen LogP contribution in [0, 0.1) is 0 Å². The number of benzene rings is 2. The van der Waals surface area contributed by atoms with E-state index in [1.165, 1.54) is 12.0 Å². The fraction of sp³-hybridized carbons (Fsp3) is 0.346. The van der Waals surface area contributed by atoms with Crippen LogP contribution in [0.15, 0.2) is 52.5 Å². The lowest BCUT2D eigenvalue weighted by molar-refractivity contribution is -0.140. The van der Waals surface area contributed by atoms with Gasteiger partial charge in [-0.05, 0) is 61.9 Å². The summed E-state index contributed by atoms with van der Waals surface area (Å²) in [5.74, 6) is 0.944. The standard InChI is InChI=1S/C26H27N3O4/c1-4-32-25(30)20-15-18-13-14-19(16-11-8-12-16)21(22(18)27-26(20,2)31-3)24-29-28-23(33-24)17-9-6-5-7-10-17/h5-7,9-10,13-16,27H,4,8,11-12H2,1-3H3. The van der Waals surface area contributed by atoms with E-state index in [0.29, 0.717) is 29.9 Å². The zero-order chi connectivity index (χ0) is 23.0. The molecule has 33 heavy (non-hydrogen) atoms. The highest BCUT2D eigenvalue weighted by atomic mass is 16.5. The lowest BCUT2D eigenvalue weighted by Gasteiger charge is -2.37. The second-order valence-corrected chi connectivity index (χ2v) is 8.54. The molecule has 0 saturated heterocycles. The smallest absolute Gasteiger partial charge is 0.338 e. The van der Waals surface area contributed by atoms with Gasteiger partial charge in [0.15, 0.2) is 5.72 Å². The molecule has 1 unspecified atom stereocenters. The minimum Gasteiger partial charge on any atom is -0.462 e. The molecule has 1 aliphatic carbocycles. The van der Waals surface area contributed by atoms with Gasteiger partial charge in [0.2, 0.25) is 5.89 Å². The third-order valence-corrected chi connectivity index (χ3v) is 6.56. The van der Waals surface area contributed by atoms with Gasteiger partial charge in [-0.3, -0.25) is 0 Å². The van der Waals surface area contributed by atoms with Crippen LogP contribution < -0.4 is 5.32 Å². The van der Waals surface area contributed by atoms with Gasteiger partial charge < -0.3 is 19.2 Å². The summed E-state index contributed by atoms with van der Waals surface area (Å²) in [5, 5.41) is 12.2. The van der Waals surface area contributed by atoms with Gasteiger partial charge in [-0.15, -0.1) is 10.2 Å². The van der Waals surface area contributed by atoms with Crippen LogP contribution in [0.3, 0.4) is 0 Å². The first-order valence-corrected chi connectivity index (χ1v) is 11.3. The predicted molar refractivity (Wildman–Crippen MR) is 125 cm³/mol. The third-order valence-electron chi connectivity index (χ3n) is 6.56. The Morgan fingerprint density at radius 3 is 2.58 bits per heavy atom. The van der Waals surface area contributed by atoms with Crippen molar-refractivity contribution < 1.29 is 18.7 Å². The molecule has 1 saturated carbocycles. The average molecular weight is 446 g/mol. The molecular formula is C26H27N3O4. The lowest BCUT2D eigenvalue weighted by Crippen LogP contribution is -2.44. The first-order chi connectivity index (χ1) is 16.0. The summed E-state index contributed by atoms with van der Waals surface area (Å²) < 4.78 is 17.2. The topological polar surface area (TPSA) is 86.5 Å². The molecule has 2 heterocycles. The molecule has 1 aliphatic heterocycles. The molecule has 3 aromatic rings. The van der Waals surface area contributed by atoms with Gasteiger partial charge in [-0.25, -0.2) is 4.79 Å². The number of ether oxygens (including phenoxy) is 2. The molecule has 5 rings (SSSR count). The van der Waals surface area contributed by atoms with Crippen LogP contribution in [0.5, 0.6) is 0 Å². The maximum Gasteiger partial charge on any atom is 0.338 e. The number of carbonyl (C=O) groups excluding carboxylic acids is 1. The Kier molecular flexibility index (Phi) is 5.50. The maximum absolute atomic E-state index is 12.7. The van der Waals surface area contributed by atoms with Gasteiger partial charge in [0.1, 0.15) is 0 Å². The second-order valence-electron chi connectivity index (χ2n) is 8.54. The molecule has 1 atom stereocenters. The van der Waals surface area contributed by atoms with Gasteiger partial charge in [0, 0.05) is 12.7 Å². The summed E-state index contributed by atoms with van der Waals surface area (Å²) in [7, 11) is 1.57. The Morgan fingerprint density at radius 1 is 1.15 bits per heavy atom. The number of hydrogen-bond donors (Lipinski definition) is 1. The molecule has 0 spiro atoms. The zero-order valence-corrected chi connectivity index (χ0v) is 19.1. The van der Waals surface area contributed by atoms with Crippen LogP contribution in [-0.4, -0.2) is 35.6 Å². The number of carbonyl (C=O) groups is 1. The van der Waals surface area contributed by atoms with E-state index < -0.39 is 11.7 Å². The Morgan fingerprint density at radius 2 is 1.91 bits per heavy atom. The van der Waals surface area contributed by atoms with E-state index in [2.05, 4.69) is 21.6 Å². The molecule has 0 bridgehead atoms. The summed E-state index contributed by atoms with van der Waals surface area (Å²) in [6.07, 6.45) is 5.28. The number of fused-ring (bicyclic) bond motifs is 1. The minimum atomic E-state index is -1.06. The number of anilines is 1. The number of hydrogen-bond acceptors (Lipinski definition) is 7. The molecule has 0 radical (unpaired) electrons. The fourth-order valence-corrected chi connectivity index (χ4v) is 4.42. The van der Waals surface area contributed by atoms with Gasteiger partial charge >= 0.3 is 5.97 Å². The van der Waals surface area contributed by atoms with Crippen LogP contribution in [0.4, 0.5) is 5.69 Å². The van der Waals surface area contributed by atoms with Crippen LogP contribution in [0.1, 0.15) is 50.2 Å². The zero-order valence-electron chi connectivity index (χ0n) is 19.1. The second kappa shape index (κ2) is 8.48. The van der Waals surface area contributed by atoms with E-state index in [9.17, 15) is 4.79 Å². The summed E-state index contributed by atoms with van der Waals surface area (Å²) in [4.78, 5) is 12.7. The number of nitrogens with zero attached hydrogens (tertiary/aromatic N) is 2. The summed E-state index contributed by atoms with van der Waals surface area (Å²) >= 11 is 0. The molecule has 2 aromatic carbocycles. The van der Waals surface area contributed by atoms with Crippen molar-refractivity contribution in [2.45, 2.75) is 44.8 Å². The Labute approximate surface area is 192 Å². The fourth-order valence-electron chi connectivity index (χ4n) is 4.42. The van der Waals surface area contributed by atoms with Crippen molar-refractivity contribution in [3.05, 3.63) is 59.2 Å². The first-order valence-electron chi connectivity index (χ1n) is 11.3. The van der Waals surface area contributed by atoms with Gasteiger partial charge in [-0.1, -0.05) is 36.8 Å². The van der Waals surface area contributed by atoms with Crippen molar-refractivity contribution >= 4 is 17.7 Å². The number of methoxy groups -OCH3 is 1. The summed E-state index contributed by atoms with van der Waals surface area (Å²) in [5.41, 5.74) is 3.93. The van der Waals surface area contributed by atoms with Crippen LogP contribution in [0.25, 0.3) is 29.0 Å². The average Bonchev–Trinajstić information content (AvgIpc) is 3.28. The van der Waals surface area contributed by atoms with Gasteiger partial charge in [0.25, 0.3) is 5.89 Å². The summed E-state index contributed by atoms with van der Waals surface area (Å²) in [6.45, 7) is 3.90. The molecule has 170 valence electrons. The number of nitrogens with one attached hydrogen (secondary N) is 1. The Hall–Kier alpha value is -3.45. The predicted octanol–water partition coefficient (Wildman–Crippen LogP) is 5.41. The van der Waals surface area contributed by atoms with Crippen molar-refractivity contribution in [2.24, 2.45) is 0 Å². The molecule has 2 aliphatic rings. The first kappa shape index (κ1) is 21.4. The van der Waals surface area contributed by atoms with Crippen LogP contribution >= 0.6 is 0 Å². The monoisotopic (exact) mass is 445 g/mol. The molecule has 7 nitrogen and oxygen atoms in total. The minimum absolute atomic E-state index is 0.291. The van der Waals surface area contributed by atoms with E-state index in [1.54, 1.807) is 14.0 Å². The van der Waals surface area contributed by atoms with Crippen molar-refractivity contribution in [3.63, 3.8) is 0 Å². The molecule has 1 N–H and O–H groups in total. The number of rotatable bonds is 6. The van der Waals surface area contributed by atoms with E-state index in [1.807, 2.05) is 49.4 Å². The molecule has 1 fully saturated rings. The maximum atomic E-state index is 12.7. The normalized spacial score (nSPS) is 19.8. The number of aromatic nitrogens is 2. The van der Waals surface area contributed by atoms with Crippen molar-refractivity contribution in [3.8, 4) is 22.9 Å². The van der Waals surface area contributed by atoms with Crippen LogP contribution in [0.2, 0.25) is 0 Å². The third kappa shape index (κ3) is 3.72. The van der Waals surface area contributed by atoms with E-state index in [0.717, 1.165) is 35.2 Å². The molecular weight excluding hydrogens is 418 g/mol. The highest BCUT2D eigenvalue weighted by Crippen LogP contribution is 2.48. The Balaban J connectivity index is 1.67.